The van der Waals surface area contributed by atoms with Gasteiger partial charge >= 0.3 is 0 Å². The van der Waals surface area contributed by atoms with Crippen LogP contribution in [0.3, 0.4) is 0 Å². The monoisotopic (exact) mass is 389 g/mol. The lowest BCUT2D eigenvalue weighted by atomic mass is 9.58. The highest BCUT2D eigenvalue weighted by Gasteiger charge is 2.48. The number of benzene rings is 2. The van der Waals surface area contributed by atoms with Crippen molar-refractivity contribution in [1.82, 2.24) is 14.9 Å². The highest BCUT2D eigenvalue weighted by Crippen LogP contribution is 2.55. The molecule has 1 heterocycles. The molecule has 4 heteroatoms. The van der Waals surface area contributed by atoms with E-state index in [2.05, 4.69) is 58.3 Å². The van der Waals surface area contributed by atoms with Crippen molar-refractivity contribution in [1.29, 1.82) is 0 Å². The molecule has 29 heavy (non-hydrogen) atoms. The molecule has 0 aliphatic heterocycles. The fourth-order valence-electron chi connectivity index (χ4n) is 5.63. The molecule has 3 atom stereocenters. The number of para-hydroxylation sites is 2. The number of nitrogens with zero attached hydrogens (tertiary/aromatic N) is 2. The van der Waals surface area contributed by atoms with Crippen molar-refractivity contribution in [2.24, 2.45) is 0 Å². The summed E-state index contributed by atoms with van der Waals surface area (Å²) in [5, 5.41) is 11.5. The number of aromatic nitrogens is 2. The smallest absolute Gasteiger partial charge is 0.107 e. The Morgan fingerprint density at radius 2 is 1.86 bits per heavy atom. The lowest BCUT2D eigenvalue weighted by Gasteiger charge is -2.50. The van der Waals surface area contributed by atoms with Crippen LogP contribution in [0.15, 0.2) is 48.5 Å². The molecule has 0 saturated heterocycles. The number of imidazole rings is 1. The van der Waals surface area contributed by atoms with E-state index >= 15 is 0 Å². The van der Waals surface area contributed by atoms with Crippen LogP contribution in [0.5, 0.6) is 0 Å². The number of nitrogens with one attached hydrogen (secondary N) is 1. The second kappa shape index (κ2) is 7.58. The molecule has 0 amide bonds. The van der Waals surface area contributed by atoms with Crippen molar-refractivity contribution in [2.45, 2.75) is 56.0 Å². The molecule has 3 aliphatic rings. The van der Waals surface area contributed by atoms with Crippen molar-refractivity contribution in [2.75, 3.05) is 20.1 Å². The molecule has 152 valence electrons. The quantitative estimate of drug-likeness (QED) is 0.620. The number of aryl methyl sites for hydroxylation is 1. The number of hydrogen-bond donors (Lipinski definition) is 2. The molecule has 6 rings (SSSR count). The number of H-pyrrole nitrogens is 1. The molecule has 1 aromatic heterocycles. The summed E-state index contributed by atoms with van der Waals surface area (Å²) in [4.78, 5) is 10.5. The average molecular weight is 390 g/mol. The van der Waals surface area contributed by atoms with E-state index in [1.54, 1.807) is 0 Å². The van der Waals surface area contributed by atoms with Crippen LogP contribution in [0.4, 0.5) is 0 Å². The van der Waals surface area contributed by atoms with Gasteiger partial charge in [-0.05, 0) is 74.9 Å². The maximum absolute atomic E-state index is 11.5. The van der Waals surface area contributed by atoms with Crippen LogP contribution >= 0.6 is 0 Å². The van der Waals surface area contributed by atoms with Gasteiger partial charge in [0.15, 0.2) is 0 Å². The van der Waals surface area contributed by atoms with Gasteiger partial charge in [-0.1, -0.05) is 36.4 Å². The normalized spacial score (nSPS) is 25.6. The van der Waals surface area contributed by atoms with Gasteiger partial charge in [-0.25, -0.2) is 4.98 Å². The maximum atomic E-state index is 11.5. The maximum Gasteiger partial charge on any atom is 0.107 e. The lowest BCUT2D eigenvalue weighted by Crippen LogP contribution is -2.47. The third-order valence-corrected chi connectivity index (χ3v) is 7.18. The molecule has 1 unspecified atom stereocenters. The molecule has 1 saturated carbocycles. The largest absolute Gasteiger partial charge is 0.389 e. The minimum atomic E-state index is -0.537. The van der Waals surface area contributed by atoms with Crippen molar-refractivity contribution >= 4 is 11.0 Å². The third kappa shape index (κ3) is 3.60. The fourth-order valence-corrected chi connectivity index (χ4v) is 5.63. The van der Waals surface area contributed by atoms with E-state index in [0.717, 1.165) is 62.1 Å². The van der Waals surface area contributed by atoms with Gasteiger partial charge in [0.25, 0.3) is 0 Å². The Bertz CT molecular complexity index is 963. The second-order valence-corrected chi connectivity index (χ2v) is 9.12. The molecule has 0 radical (unpaired) electrons. The van der Waals surface area contributed by atoms with Crippen molar-refractivity contribution in [3.8, 4) is 0 Å². The molecule has 3 aliphatic carbocycles. The molecule has 1 fully saturated rings. The fraction of sp³-hybridized carbons (Fsp3) is 0.480. The Morgan fingerprint density at radius 3 is 2.72 bits per heavy atom. The number of aromatic amines is 1. The molecule has 0 spiro atoms. The van der Waals surface area contributed by atoms with Gasteiger partial charge in [-0.15, -0.1) is 0 Å². The molecule has 4 nitrogen and oxygen atoms in total. The van der Waals surface area contributed by atoms with Crippen molar-refractivity contribution in [3.63, 3.8) is 0 Å². The molecular formula is C25H31N3O. The highest BCUT2D eigenvalue weighted by atomic mass is 16.3. The summed E-state index contributed by atoms with van der Waals surface area (Å²) >= 11 is 0. The van der Waals surface area contributed by atoms with Crippen LogP contribution in [-0.2, 0) is 6.42 Å². The molecule has 2 aromatic carbocycles. The zero-order valence-corrected chi connectivity index (χ0v) is 17.3. The molecule has 3 aromatic rings. The van der Waals surface area contributed by atoms with Crippen LogP contribution in [0.25, 0.3) is 11.0 Å². The summed E-state index contributed by atoms with van der Waals surface area (Å²) < 4.78 is 0. The summed E-state index contributed by atoms with van der Waals surface area (Å²) in [5.41, 5.74) is 4.53. The number of aliphatic hydroxyl groups is 1. The van der Waals surface area contributed by atoms with E-state index in [9.17, 15) is 5.11 Å². The summed E-state index contributed by atoms with van der Waals surface area (Å²) in [6.45, 7) is 1.97. The van der Waals surface area contributed by atoms with E-state index in [-0.39, 0.29) is 0 Å². The lowest BCUT2D eigenvalue weighted by molar-refractivity contribution is -0.0452. The first-order chi connectivity index (χ1) is 14.1. The highest BCUT2D eigenvalue weighted by molar-refractivity contribution is 5.74. The Labute approximate surface area is 173 Å². The first-order valence-electron chi connectivity index (χ1n) is 11.1. The second-order valence-electron chi connectivity index (χ2n) is 9.12. The number of hydrogen-bond acceptors (Lipinski definition) is 3. The SMILES string of the molecule is CN(CCCc1nc2ccccc2[nH]1)CC[C@@]1(O)CC2CC[C@@H]1c1ccccc12. The molecular weight excluding hydrogens is 358 g/mol. The Hall–Kier alpha value is -2.17. The van der Waals surface area contributed by atoms with E-state index in [4.69, 9.17) is 0 Å². The van der Waals surface area contributed by atoms with E-state index < -0.39 is 5.60 Å². The zero-order valence-electron chi connectivity index (χ0n) is 17.3. The predicted octanol–water partition coefficient (Wildman–Crippen LogP) is 4.61. The molecule has 2 N–H and O–H groups in total. The summed E-state index contributed by atoms with van der Waals surface area (Å²) in [6, 6.07) is 17.0. The van der Waals surface area contributed by atoms with Crippen LogP contribution in [0.2, 0.25) is 0 Å². The first kappa shape index (κ1) is 18.8. The van der Waals surface area contributed by atoms with Gasteiger partial charge in [0.2, 0.25) is 0 Å². The standard InChI is InChI=1S/C25H31N3O/c1-28(15-6-11-24-26-22-9-4-5-10-23(22)27-24)16-14-25(29)17-18-12-13-21(25)20-8-3-2-7-19(18)20/h2-5,7-10,18,21,29H,6,11-17H2,1H3,(H,26,27)/t18?,21-,25-/m1/s1. The van der Waals surface area contributed by atoms with Crippen molar-refractivity contribution < 1.29 is 5.11 Å². The Balaban J connectivity index is 1.14. The predicted molar refractivity (Wildman–Crippen MR) is 117 cm³/mol. The van der Waals surface area contributed by atoms with Crippen LogP contribution in [0, 0.1) is 0 Å². The van der Waals surface area contributed by atoms with Gasteiger partial charge in [-0.3, -0.25) is 0 Å². The summed E-state index contributed by atoms with van der Waals surface area (Å²) in [7, 11) is 2.18. The third-order valence-electron chi connectivity index (χ3n) is 7.18. The van der Waals surface area contributed by atoms with Gasteiger partial charge in [0, 0.05) is 18.9 Å². The Kier molecular flexibility index (Phi) is 4.92. The van der Waals surface area contributed by atoms with Crippen LogP contribution < -0.4 is 0 Å². The van der Waals surface area contributed by atoms with E-state index in [1.807, 2.05) is 12.1 Å². The first-order valence-corrected chi connectivity index (χ1v) is 11.1. The Morgan fingerprint density at radius 1 is 1.07 bits per heavy atom. The van der Waals surface area contributed by atoms with Gasteiger partial charge in [0.1, 0.15) is 5.82 Å². The minimum Gasteiger partial charge on any atom is -0.389 e. The van der Waals surface area contributed by atoms with E-state index in [1.165, 1.54) is 17.5 Å². The molecule has 2 bridgehead atoms. The van der Waals surface area contributed by atoms with Crippen molar-refractivity contribution in [3.05, 3.63) is 65.5 Å². The van der Waals surface area contributed by atoms with E-state index in [0.29, 0.717) is 11.8 Å². The number of fused-ring (bicyclic) bond motifs is 3. The van der Waals surface area contributed by atoms with Crippen LogP contribution in [-0.4, -0.2) is 45.7 Å². The summed E-state index contributed by atoms with van der Waals surface area (Å²) in [5.74, 6) is 1.92. The number of rotatable bonds is 7. The van der Waals surface area contributed by atoms with Gasteiger partial charge in [-0.2, -0.15) is 0 Å². The summed E-state index contributed by atoms with van der Waals surface area (Å²) in [6.07, 6.45) is 6.20. The minimum absolute atomic E-state index is 0.313. The average Bonchev–Trinajstić information content (AvgIpc) is 3.16. The van der Waals surface area contributed by atoms with Crippen LogP contribution in [0.1, 0.15) is 60.9 Å². The van der Waals surface area contributed by atoms with Gasteiger partial charge < -0.3 is 15.0 Å². The van der Waals surface area contributed by atoms with Gasteiger partial charge in [0.05, 0.1) is 16.6 Å². The topological polar surface area (TPSA) is 52.2 Å². The zero-order chi connectivity index (χ0) is 19.8.